The number of carbonyl (C=O) groups is 1. The van der Waals surface area contributed by atoms with Gasteiger partial charge in [0.25, 0.3) is 0 Å². The van der Waals surface area contributed by atoms with Crippen LogP contribution in [0.1, 0.15) is 0 Å². The molecule has 3 nitrogen and oxygen atoms in total. The summed E-state index contributed by atoms with van der Waals surface area (Å²) in [7, 11) is 5.89. The molecule has 0 saturated carbocycles. The lowest BCUT2D eigenvalue weighted by molar-refractivity contribution is -0.131. The molecule has 1 unspecified atom stereocenters. The molecule has 1 aliphatic rings. The van der Waals surface area contributed by atoms with Crippen LogP contribution >= 0.6 is 22.6 Å². The molecule has 0 saturated heterocycles. The van der Waals surface area contributed by atoms with Gasteiger partial charge in [0.15, 0.2) is 0 Å². The Morgan fingerprint density at radius 3 is 2.53 bits per heavy atom. The van der Waals surface area contributed by atoms with Crippen molar-refractivity contribution in [1.82, 2.24) is 9.80 Å². The van der Waals surface area contributed by atoms with Crippen LogP contribution in [0.25, 0.3) is 0 Å². The van der Waals surface area contributed by atoms with Gasteiger partial charge in [0, 0.05) is 23.7 Å². The highest BCUT2D eigenvalue weighted by Gasteiger charge is 2.23. The highest BCUT2D eigenvalue weighted by molar-refractivity contribution is 14.1. The van der Waals surface area contributed by atoms with Crippen LogP contribution in [0.15, 0.2) is 21.8 Å². The zero-order chi connectivity index (χ0) is 11.4. The van der Waals surface area contributed by atoms with E-state index >= 15 is 0 Å². The molecular weight excluding hydrogens is 303 g/mol. The van der Waals surface area contributed by atoms with Gasteiger partial charge in [0.05, 0.1) is 5.92 Å². The summed E-state index contributed by atoms with van der Waals surface area (Å²) in [6.45, 7) is 1.68. The first-order valence-corrected chi connectivity index (χ1v) is 6.04. The first kappa shape index (κ1) is 12.7. The summed E-state index contributed by atoms with van der Waals surface area (Å²) in [5.41, 5.74) is 0. The summed E-state index contributed by atoms with van der Waals surface area (Å²) < 4.78 is 1.11. The molecule has 1 amide bonds. The molecule has 0 aliphatic heterocycles. The number of allylic oxidation sites excluding steroid dienone is 2. The van der Waals surface area contributed by atoms with Gasteiger partial charge in [-0.15, -0.1) is 0 Å². The van der Waals surface area contributed by atoms with Gasteiger partial charge in [-0.2, -0.15) is 0 Å². The fourth-order valence-electron chi connectivity index (χ4n) is 1.35. The minimum atomic E-state index is -0.0437. The van der Waals surface area contributed by atoms with Crippen LogP contribution in [0.4, 0.5) is 0 Å². The van der Waals surface area contributed by atoms with E-state index in [0.717, 1.165) is 16.7 Å². The van der Waals surface area contributed by atoms with Crippen LogP contribution < -0.4 is 0 Å². The van der Waals surface area contributed by atoms with E-state index in [4.69, 9.17) is 0 Å². The first-order valence-electron chi connectivity index (χ1n) is 4.96. The van der Waals surface area contributed by atoms with Crippen molar-refractivity contribution in [3.8, 4) is 0 Å². The second-order valence-electron chi connectivity index (χ2n) is 3.98. The van der Waals surface area contributed by atoms with Gasteiger partial charge in [0.2, 0.25) is 5.91 Å². The third-order valence-electron chi connectivity index (χ3n) is 2.38. The van der Waals surface area contributed by atoms with E-state index < -0.39 is 0 Å². The minimum absolute atomic E-state index is 0.0437. The molecule has 0 aromatic heterocycles. The van der Waals surface area contributed by atoms with Crippen LogP contribution in [0.5, 0.6) is 0 Å². The number of amides is 1. The van der Waals surface area contributed by atoms with Gasteiger partial charge < -0.3 is 9.80 Å². The van der Waals surface area contributed by atoms with Crippen molar-refractivity contribution < 1.29 is 4.79 Å². The highest BCUT2D eigenvalue weighted by Crippen LogP contribution is 2.26. The van der Waals surface area contributed by atoms with Crippen LogP contribution in [0.3, 0.4) is 0 Å². The van der Waals surface area contributed by atoms with Crippen molar-refractivity contribution in [3.05, 3.63) is 21.8 Å². The Balaban J connectivity index is 2.46. The zero-order valence-electron chi connectivity index (χ0n) is 9.40. The Labute approximate surface area is 105 Å². The zero-order valence-corrected chi connectivity index (χ0v) is 11.6. The molecule has 15 heavy (non-hydrogen) atoms. The molecule has 4 heteroatoms. The van der Waals surface area contributed by atoms with E-state index in [0.29, 0.717) is 0 Å². The van der Waals surface area contributed by atoms with E-state index in [1.807, 2.05) is 39.4 Å². The van der Waals surface area contributed by atoms with E-state index in [1.54, 1.807) is 4.90 Å². The fraction of sp³-hybridized carbons (Fsp3) is 0.545. The summed E-state index contributed by atoms with van der Waals surface area (Å²) in [4.78, 5) is 15.9. The predicted molar refractivity (Wildman–Crippen MR) is 70.9 cm³/mol. The summed E-state index contributed by atoms with van der Waals surface area (Å²) in [5.74, 6) is 0.143. The van der Waals surface area contributed by atoms with Crippen molar-refractivity contribution in [3.63, 3.8) is 0 Å². The number of nitrogens with zero attached hydrogens (tertiary/aromatic N) is 2. The average Bonchev–Trinajstić information content (AvgIpc) is 2.59. The van der Waals surface area contributed by atoms with Crippen molar-refractivity contribution >= 4 is 28.5 Å². The SMILES string of the molecule is CN(C)CCN(C)C(=O)C1C=CC=C1I. The van der Waals surface area contributed by atoms with Crippen LogP contribution in [-0.2, 0) is 4.79 Å². The van der Waals surface area contributed by atoms with Crippen LogP contribution in [-0.4, -0.2) is 49.9 Å². The number of hydrogen-bond donors (Lipinski definition) is 0. The Kier molecular flexibility index (Phi) is 4.79. The largest absolute Gasteiger partial charge is 0.344 e. The quantitative estimate of drug-likeness (QED) is 0.733. The Hall–Kier alpha value is -0.360. The molecule has 0 spiro atoms. The summed E-state index contributed by atoms with van der Waals surface area (Å²) >= 11 is 2.23. The molecule has 0 aromatic carbocycles. The van der Waals surface area contributed by atoms with Crippen molar-refractivity contribution in [2.24, 2.45) is 5.92 Å². The maximum absolute atomic E-state index is 12.0. The van der Waals surface area contributed by atoms with E-state index in [-0.39, 0.29) is 11.8 Å². The molecule has 0 fully saturated rings. The molecule has 1 atom stereocenters. The average molecular weight is 320 g/mol. The lowest BCUT2D eigenvalue weighted by Gasteiger charge is -2.22. The number of likely N-dealkylation sites (N-methyl/N-ethyl adjacent to an activating group) is 2. The normalized spacial score (nSPS) is 19.5. The number of hydrogen-bond acceptors (Lipinski definition) is 2. The van der Waals surface area contributed by atoms with Crippen LogP contribution in [0.2, 0.25) is 0 Å². The summed E-state index contributed by atoms with van der Waals surface area (Å²) in [6.07, 6.45) is 5.89. The summed E-state index contributed by atoms with van der Waals surface area (Å²) in [5, 5.41) is 0. The number of halogens is 1. The third kappa shape index (κ3) is 3.61. The third-order valence-corrected chi connectivity index (χ3v) is 3.41. The monoisotopic (exact) mass is 320 g/mol. The van der Waals surface area contributed by atoms with E-state index in [2.05, 4.69) is 27.5 Å². The molecule has 0 aromatic rings. The molecule has 0 radical (unpaired) electrons. The topological polar surface area (TPSA) is 23.6 Å². The fourth-order valence-corrected chi connectivity index (χ4v) is 2.03. The lowest BCUT2D eigenvalue weighted by atomic mass is 10.1. The molecule has 0 N–H and O–H groups in total. The number of carbonyl (C=O) groups excluding carboxylic acids is 1. The molecule has 1 rings (SSSR count). The van der Waals surface area contributed by atoms with Gasteiger partial charge >= 0.3 is 0 Å². The van der Waals surface area contributed by atoms with Crippen molar-refractivity contribution in [1.29, 1.82) is 0 Å². The standard InChI is InChI=1S/C11H17IN2O/c1-13(2)7-8-14(3)11(15)9-5-4-6-10(9)12/h4-6,9H,7-8H2,1-3H3. The first-order chi connectivity index (χ1) is 7.02. The maximum Gasteiger partial charge on any atom is 0.234 e. The summed E-state index contributed by atoms with van der Waals surface area (Å²) in [6, 6.07) is 0. The van der Waals surface area contributed by atoms with Crippen LogP contribution in [0, 0.1) is 5.92 Å². The second-order valence-corrected chi connectivity index (χ2v) is 5.22. The molecular formula is C11H17IN2O. The Morgan fingerprint density at radius 2 is 2.07 bits per heavy atom. The second kappa shape index (κ2) is 5.65. The highest BCUT2D eigenvalue weighted by atomic mass is 127. The van der Waals surface area contributed by atoms with Gasteiger partial charge in [-0.3, -0.25) is 4.79 Å². The molecule has 0 bridgehead atoms. The van der Waals surface area contributed by atoms with Gasteiger partial charge in [0.1, 0.15) is 0 Å². The minimum Gasteiger partial charge on any atom is -0.344 e. The lowest BCUT2D eigenvalue weighted by Crippen LogP contribution is -2.36. The molecule has 84 valence electrons. The Morgan fingerprint density at radius 1 is 1.40 bits per heavy atom. The van der Waals surface area contributed by atoms with Crippen molar-refractivity contribution in [2.75, 3.05) is 34.2 Å². The number of rotatable bonds is 4. The Bertz CT molecular complexity index is 297. The van der Waals surface area contributed by atoms with Gasteiger partial charge in [-0.1, -0.05) is 18.2 Å². The molecule has 1 aliphatic carbocycles. The predicted octanol–water partition coefficient (Wildman–Crippen LogP) is 1.51. The van der Waals surface area contributed by atoms with Crippen molar-refractivity contribution in [2.45, 2.75) is 0 Å². The maximum atomic E-state index is 12.0. The smallest absolute Gasteiger partial charge is 0.234 e. The van der Waals surface area contributed by atoms with Gasteiger partial charge in [-0.05, 0) is 36.7 Å². The van der Waals surface area contributed by atoms with E-state index in [1.165, 1.54) is 0 Å². The van der Waals surface area contributed by atoms with Gasteiger partial charge in [-0.25, -0.2) is 0 Å². The molecule has 0 heterocycles. The van der Waals surface area contributed by atoms with E-state index in [9.17, 15) is 4.79 Å².